The number of halogens is 3. The summed E-state index contributed by atoms with van der Waals surface area (Å²) in [5.74, 6) is -0.233. The van der Waals surface area contributed by atoms with Gasteiger partial charge in [-0.3, -0.25) is 4.79 Å². The van der Waals surface area contributed by atoms with Crippen LogP contribution in [0, 0.1) is 5.92 Å². The standard InChI is InChI=1S/C13H18Cl2N2O.ClH/c1-8(9(2)16)13(18)17-7-6-10-4-3-5-11(14)12(10)15;/h3-5,8-9H,6-7,16H2,1-2H3,(H,17,18);1H. The maximum Gasteiger partial charge on any atom is 0.224 e. The first-order valence-electron chi connectivity index (χ1n) is 5.89. The van der Waals surface area contributed by atoms with Crippen molar-refractivity contribution in [3.63, 3.8) is 0 Å². The Morgan fingerprint density at radius 1 is 1.37 bits per heavy atom. The van der Waals surface area contributed by atoms with Crippen molar-refractivity contribution >= 4 is 41.5 Å². The predicted octanol–water partition coefficient (Wildman–Crippen LogP) is 3.06. The highest BCUT2D eigenvalue weighted by atomic mass is 35.5. The van der Waals surface area contributed by atoms with E-state index in [1.54, 1.807) is 6.07 Å². The van der Waals surface area contributed by atoms with Crippen LogP contribution in [0.4, 0.5) is 0 Å². The fraction of sp³-hybridized carbons (Fsp3) is 0.462. The summed E-state index contributed by atoms with van der Waals surface area (Å²) in [6.07, 6.45) is 0.650. The number of carbonyl (C=O) groups is 1. The molecule has 108 valence electrons. The van der Waals surface area contributed by atoms with E-state index in [1.807, 2.05) is 26.0 Å². The molecule has 1 aromatic rings. The van der Waals surface area contributed by atoms with Crippen LogP contribution in [-0.2, 0) is 11.2 Å². The van der Waals surface area contributed by atoms with E-state index in [9.17, 15) is 4.79 Å². The van der Waals surface area contributed by atoms with Crippen molar-refractivity contribution in [1.29, 1.82) is 0 Å². The smallest absolute Gasteiger partial charge is 0.224 e. The Balaban J connectivity index is 0.00000324. The van der Waals surface area contributed by atoms with Gasteiger partial charge in [0.05, 0.1) is 10.0 Å². The quantitative estimate of drug-likeness (QED) is 0.874. The van der Waals surface area contributed by atoms with E-state index < -0.39 is 0 Å². The first-order chi connectivity index (χ1) is 8.43. The lowest BCUT2D eigenvalue weighted by Gasteiger charge is -2.15. The van der Waals surface area contributed by atoms with Crippen molar-refractivity contribution < 1.29 is 4.79 Å². The molecule has 3 nitrogen and oxygen atoms in total. The Morgan fingerprint density at radius 3 is 2.58 bits per heavy atom. The third kappa shape index (κ3) is 5.57. The van der Waals surface area contributed by atoms with Gasteiger partial charge in [-0.1, -0.05) is 42.3 Å². The summed E-state index contributed by atoms with van der Waals surface area (Å²) in [5.41, 5.74) is 6.59. The Hall–Kier alpha value is -0.480. The van der Waals surface area contributed by atoms with Gasteiger partial charge in [-0.25, -0.2) is 0 Å². The van der Waals surface area contributed by atoms with Crippen molar-refractivity contribution in [3.8, 4) is 0 Å². The maximum atomic E-state index is 11.7. The maximum absolute atomic E-state index is 11.7. The summed E-state index contributed by atoms with van der Waals surface area (Å²) in [7, 11) is 0. The van der Waals surface area contributed by atoms with Crippen LogP contribution in [0.3, 0.4) is 0 Å². The normalized spacial score (nSPS) is 13.3. The molecule has 0 fully saturated rings. The fourth-order valence-electron chi connectivity index (χ4n) is 1.46. The van der Waals surface area contributed by atoms with Gasteiger partial charge >= 0.3 is 0 Å². The summed E-state index contributed by atoms with van der Waals surface area (Å²) in [4.78, 5) is 11.7. The minimum absolute atomic E-state index is 0. The van der Waals surface area contributed by atoms with Gasteiger partial charge in [0.15, 0.2) is 0 Å². The van der Waals surface area contributed by atoms with Crippen molar-refractivity contribution in [2.45, 2.75) is 26.3 Å². The first kappa shape index (κ1) is 18.5. The number of hydrogen-bond acceptors (Lipinski definition) is 2. The Labute approximate surface area is 130 Å². The first-order valence-corrected chi connectivity index (χ1v) is 6.65. The highest BCUT2D eigenvalue weighted by Crippen LogP contribution is 2.25. The monoisotopic (exact) mass is 324 g/mol. The van der Waals surface area contributed by atoms with Gasteiger partial charge in [-0.15, -0.1) is 12.4 Å². The number of carbonyl (C=O) groups excluding carboxylic acids is 1. The highest BCUT2D eigenvalue weighted by Gasteiger charge is 2.16. The second kappa shape index (κ2) is 8.64. The van der Waals surface area contributed by atoms with Gasteiger partial charge in [-0.2, -0.15) is 0 Å². The molecule has 2 atom stereocenters. The van der Waals surface area contributed by atoms with Crippen LogP contribution >= 0.6 is 35.6 Å². The average molecular weight is 326 g/mol. The SMILES string of the molecule is CC(N)C(C)C(=O)NCCc1cccc(Cl)c1Cl.Cl. The van der Waals surface area contributed by atoms with Gasteiger partial charge in [0, 0.05) is 18.5 Å². The highest BCUT2D eigenvalue weighted by molar-refractivity contribution is 6.42. The van der Waals surface area contributed by atoms with Crippen LogP contribution in [0.1, 0.15) is 19.4 Å². The predicted molar refractivity (Wildman–Crippen MR) is 83.2 cm³/mol. The molecule has 0 bridgehead atoms. The van der Waals surface area contributed by atoms with E-state index in [1.165, 1.54) is 0 Å². The zero-order valence-electron chi connectivity index (χ0n) is 11.0. The molecule has 1 aromatic carbocycles. The summed E-state index contributed by atoms with van der Waals surface area (Å²) >= 11 is 12.0. The van der Waals surface area contributed by atoms with Crippen LogP contribution in [0.5, 0.6) is 0 Å². The molecule has 0 aliphatic rings. The van der Waals surface area contributed by atoms with Crippen molar-refractivity contribution in [2.75, 3.05) is 6.54 Å². The largest absolute Gasteiger partial charge is 0.355 e. The van der Waals surface area contributed by atoms with Gasteiger partial charge < -0.3 is 11.1 Å². The van der Waals surface area contributed by atoms with Crippen molar-refractivity contribution in [3.05, 3.63) is 33.8 Å². The van der Waals surface area contributed by atoms with Crippen LogP contribution in [-0.4, -0.2) is 18.5 Å². The van der Waals surface area contributed by atoms with Gasteiger partial charge in [0.25, 0.3) is 0 Å². The van der Waals surface area contributed by atoms with Crippen molar-refractivity contribution in [1.82, 2.24) is 5.32 Å². The molecule has 1 rings (SSSR count). The topological polar surface area (TPSA) is 55.1 Å². The minimum atomic E-state index is -0.195. The second-order valence-electron chi connectivity index (χ2n) is 4.40. The summed E-state index contributed by atoms with van der Waals surface area (Å²) in [6.45, 7) is 4.15. The van der Waals surface area contributed by atoms with E-state index in [2.05, 4.69) is 5.32 Å². The summed E-state index contributed by atoms with van der Waals surface area (Å²) < 4.78 is 0. The number of hydrogen-bond donors (Lipinski definition) is 2. The molecule has 1 amide bonds. The zero-order valence-corrected chi connectivity index (χ0v) is 13.3. The molecule has 2 unspecified atom stereocenters. The molecule has 3 N–H and O–H groups in total. The van der Waals surface area contributed by atoms with E-state index in [4.69, 9.17) is 28.9 Å². The Kier molecular flexibility index (Phi) is 8.42. The van der Waals surface area contributed by atoms with Gasteiger partial charge in [-0.05, 0) is 25.0 Å². The molecule has 0 saturated heterocycles. The molecule has 0 saturated carbocycles. The van der Waals surface area contributed by atoms with Crippen LogP contribution < -0.4 is 11.1 Å². The molecule has 0 aliphatic carbocycles. The van der Waals surface area contributed by atoms with Crippen LogP contribution in [0.15, 0.2) is 18.2 Å². The third-order valence-electron chi connectivity index (χ3n) is 2.93. The molecule has 0 aromatic heterocycles. The van der Waals surface area contributed by atoms with Gasteiger partial charge in [0.2, 0.25) is 5.91 Å². The molecule has 0 heterocycles. The van der Waals surface area contributed by atoms with Crippen LogP contribution in [0.25, 0.3) is 0 Å². The Bertz CT molecular complexity index is 424. The molecule has 0 radical (unpaired) electrons. The van der Waals surface area contributed by atoms with E-state index in [0.717, 1.165) is 5.56 Å². The van der Waals surface area contributed by atoms with Crippen LogP contribution in [0.2, 0.25) is 10.0 Å². The molecule has 19 heavy (non-hydrogen) atoms. The third-order valence-corrected chi connectivity index (χ3v) is 3.79. The molecule has 0 aliphatic heterocycles. The molecule has 0 spiro atoms. The zero-order chi connectivity index (χ0) is 13.7. The summed E-state index contributed by atoms with van der Waals surface area (Å²) in [6, 6.07) is 5.33. The number of nitrogens with one attached hydrogen (secondary N) is 1. The minimum Gasteiger partial charge on any atom is -0.355 e. The molecular formula is C13H19Cl3N2O. The van der Waals surface area contributed by atoms with E-state index >= 15 is 0 Å². The van der Waals surface area contributed by atoms with E-state index in [-0.39, 0.29) is 30.3 Å². The lowest BCUT2D eigenvalue weighted by atomic mass is 10.0. The lowest BCUT2D eigenvalue weighted by molar-refractivity contribution is -0.124. The number of rotatable bonds is 5. The molecular weight excluding hydrogens is 307 g/mol. The Morgan fingerprint density at radius 2 is 2.00 bits per heavy atom. The molecule has 6 heteroatoms. The van der Waals surface area contributed by atoms with Crippen molar-refractivity contribution in [2.24, 2.45) is 11.7 Å². The number of nitrogens with two attached hydrogens (primary N) is 1. The van der Waals surface area contributed by atoms with Gasteiger partial charge in [0.1, 0.15) is 0 Å². The number of amides is 1. The second-order valence-corrected chi connectivity index (χ2v) is 5.19. The summed E-state index contributed by atoms with van der Waals surface area (Å²) in [5, 5.41) is 3.92. The lowest BCUT2D eigenvalue weighted by Crippen LogP contribution is -2.39. The average Bonchev–Trinajstić information content (AvgIpc) is 2.33. The fourth-order valence-corrected chi connectivity index (χ4v) is 1.88. The number of benzene rings is 1. The van der Waals surface area contributed by atoms with E-state index in [0.29, 0.717) is 23.0 Å².